The predicted octanol–water partition coefficient (Wildman–Crippen LogP) is 4.29. The van der Waals surface area contributed by atoms with E-state index in [1.807, 2.05) is 0 Å². The Morgan fingerprint density at radius 2 is 1.84 bits per heavy atom. The SMILES string of the molecule is Cc1cc(C(=O)O)c(-c2ccc(F)c(Cl)c2)cc1F. The molecular formula is C14H9ClF2O2. The summed E-state index contributed by atoms with van der Waals surface area (Å²) in [6.45, 7) is 1.48. The van der Waals surface area contributed by atoms with E-state index in [0.29, 0.717) is 5.56 Å². The van der Waals surface area contributed by atoms with Crippen LogP contribution >= 0.6 is 11.6 Å². The van der Waals surface area contributed by atoms with E-state index in [0.717, 1.165) is 12.1 Å². The Bertz CT molecular complexity index is 669. The van der Waals surface area contributed by atoms with Crippen molar-refractivity contribution in [3.8, 4) is 11.1 Å². The lowest BCUT2D eigenvalue weighted by molar-refractivity contribution is 0.0697. The monoisotopic (exact) mass is 282 g/mol. The third-order valence-corrected chi connectivity index (χ3v) is 3.05. The highest BCUT2D eigenvalue weighted by molar-refractivity contribution is 6.31. The van der Waals surface area contributed by atoms with E-state index in [-0.39, 0.29) is 21.7 Å². The van der Waals surface area contributed by atoms with Crippen molar-refractivity contribution >= 4 is 17.6 Å². The van der Waals surface area contributed by atoms with Crippen LogP contribution in [0.1, 0.15) is 15.9 Å². The van der Waals surface area contributed by atoms with E-state index in [1.165, 1.54) is 25.1 Å². The second-order valence-electron chi connectivity index (χ2n) is 4.08. The van der Waals surface area contributed by atoms with Gasteiger partial charge in [-0.1, -0.05) is 17.7 Å². The molecule has 5 heteroatoms. The number of carboxylic acid groups (broad SMARTS) is 1. The molecule has 19 heavy (non-hydrogen) atoms. The summed E-state index contributed by atoms with van der Waals surface area (Å²) in [7, 11) is 0. The Hall–Kier alpha value is -1.94. The minimum atomic E-state index is -1.18. The number of carbonyl (C=O) groups is 1. The fourth-order valence-electron chi connectivity index (χ4n) is 1.76. The minimum absolute atomic E-state index is 0.0541. The molecule has 2 aromatic rings. The molecule has 0 aliphatic carbocycles. The Morgan fingerprint density at radius 3 is 2.42 bits per heavy atom. The first-order valence-corrected chi connectivity index (χ1v) is 5.77. The summed E-state index contributed by atoms with van der Waals surface area (Å²) < 4.78 is 26.7. The lowest BCUT2D eigenvalue weighted by Crippen LogP contribution is -2.02. The van der Waals surface area contributed by atoms with Gasteiger partial charge in [0.1, 0.15) is 11.6 Å². The number of aryl methyl sites for hydroxylation is 1. The lowest BCUT2D eigenvalue weighted by Gasteiger charge is -2.09. The first-order valence-electron chi connectivity index (χ1n) is 5.39. The van der Waals surface area contributed by atoms with Gasteiger partial charge in [-0.3, -0.25) is 0 Å². The maximum Gasteiger partial charge on any atom is 0.336 e. The summed E-state index contributed by atoms with van der Waals surface area (Å²) in [6.07, 6.45) is 0. The zero-order valence-electron chi connectivity index (χ0n) is 9.88. The van der Waals surface area contributed by atoms with Gasteiger partial charge in [0.05, 0.1) is 10.6 Å². The number of benzene rings is 2. The van der Waals surface area contributed by atoms with Crippen LogP contribution in [0.3, 0.4) is 0 Å². The summed E-state index contributed by atoms with van der Waals surface area (Å²) in [5, 5.41) is 8.99. The minimum Gasteiger partial charge on any atom is -0.478 e. The summed E-state index contributed by atoms with van der Waals surface area (Å²) in [6, 6.07) is 6.10. The molecular weight excluding hydrogens is 274 g/mol. The molecule has 0 atom stereocenters. The molecule has 0 aliphatic heterocycles. The van der Waals surface area contributed by atoms with E-state index in [4.69, 9.17) is 16.7 Å². The van der Waals surface area contributed by atoms with E-state index < -0.39 is 17.6 Å². The number of hydrogen-bond acceptors (Lipinski definition) is 1. The van der Waals surface area contributed by atoms with Gasteiger partial charge >= 0.3 is 5.97 Å². The van der Waals surface area contributed by atoms with Gasteiger partial charge in [0.15, 0.2) is 0 Å². The largest absolute Gasteiger partial charge is 0.478 e. The van der Waals surface area contributed by atoms with E-state index in [1.54, 1.807) is 0 Å². The maximum atomic E-state index is 13.6. The number of hydrogen-bond donors (Lipinski definition) is 1. The smallest absolute Gasteiger partial charge is 0.336 e. The van der Waals surface area contributed by atoms with Crippen molar-refractivity contribution < 1.29 is 18.7 Å². The number of aromatic carboxylic acids is 1. The fourth-order valence-corrected chi connectivity index (χ4v) is 1.94. The highest BCUT2D eigenvalue weighted by atomic mass is 35.5. The Kier molecular flexibility index (Phi) is 3.53. The standard InChI is InChI=1S/C14H9ClF2O2/c1-7-4-10(14(18)19)9(6-13(7)17)8-2-3-12(16)11(15)5-8/h2-6H,1H3,(H,18,19). The van der Waals surface area contributed by atoms with Gasteiger partial charge < -0.3 is 5.11 Å². The third kappa shape index (κ3) is 2.58. The normalized spacial score (nSPS) is 10.5. The molecule has 0 amide bonds. The lowest BCUT2D eigenvalue weighted by atomic mass is 9.97. The van der Waals surface area contributed by atoms with Crippen molar-refractivity contribution in [3.05, 3.63) is 58.1 Å². The topological polar surface area (TPSA) is 37.3 Å². The van der Waals surface area contributed by atoms with E-state index in [9.17, 15) is 13.6 Å². The van der Waals surface area contributed by atoms with Crippen molar-refractivity contribution in [2.45, 2.75) is 6.92 Å². The van der Waals surface area contributed by atoms with Crippen molar-refractivity contribution in [2.24, 2.45) is 0 Å². The van der Waals surface area contributed by atoms with Crippen LogP contribution in [0.4, 0.5) is 8.78 Å². The van der Waals surface area contributed by atoms with Crippen LogP contribution in [0.2, 0.25) is 5.02 Å². The number of carboxylic acids is 1. The van der Waals surface area contributed by atoms with Crippen LogP contribution in [-0.2, 0) is 0 Å². The van der Waals surface area contributed by atoms with Gasteiger partial charge in [-0.2, -0.15) is 0 Å². The van der Waals surface area contributed by atoms with Crippen molar-refractivity contribution in [1.82, 2.24) is 0 Å². The molecule has 2 rings (SSSR count). The van der Waals surface area contributed by atoms with Gasteiger partial charge in [0.2, 0.25) is 0 Å². The summed E-state index contributed by atoms with van der Waals surface area (Å²) in [5.41, 5.74) is 0.691. The second kappa shape index (κ2) is 4.97. The van der Waals surface area contributed by atoms with E-state index in [2.05, 4.69) is 0 Å². The number of halogens is 3. The molecule has 2 aromatic carbocycles. The fraction of sp³-hybridized carbons (Fsp3) is 0.0714. The molecule has 0 spiro atoms. The highest BCUT2D eigenvalue weighted by Gasteiger charge is 2.15. The average Bonchev–Trinajstić information content (AvgIpc) is 2.35. The van der Waals surface area contributed by atoms with Crippen LogP contribution in [-0.4, -0.2) is 11.1 Å². The molecule has 2 nitrogen and oxygen atoms in total. The molecule has 98 valence electrons. The molecule has 0 saturated carbocycles. The van der Waals surface area contributed by atoms with Crippen LogP contribution in [0.15, 0.2) is 30.3 Å². The summed E-state index contributed by atoms with van der Waals surface area (Å²) in [4.78, 5) is 11.2. The molecule has 0 aliphatic rings. The van der Waals surface area contributed by atoms with Gasteiger partial charge in [0.25, 0.3) is 0 Å². The predicted molar refractivity (Wildman–Crippen MR) is 68.5 cm³/mol. The van der Waals surface area contributed by atoms with Gasteiger partial charge in [0, 0.05) is 0 Å². The molecule has 0 bridgehead atoms. The average molecular weight is 283 g/mol. The first kappa shape index (κ1) is 13.5. The van der Waals surface area contributed by atoms with Crippen LogP contribution in [0, 0.1) is 18.6 Å². The van der Waals surface area contributed by atoms with E-state index >= 15 is 0 Å². The quantitative estimate of drug-likeness (QED) is 0.892. The first-order chi connectivity index (χ1) is 8.90. The van der Waals surface area contributed by atoms with Crippen molar-refractivity contribution in [1.29, 1.82) is 0 Å². The number of rotatable bonds is 2. The zero-order chi connectivity index (χ0) is 14.2. The molecule has 0 fully saturated rings. The molecule has 0 saturated heterocycles. The second-order valence-corrected chi connectivity index (χ2v) is 4.49. The summed E-state index contributed by atoms with van der Waals surface area (Å²) in [5.74, 6) is -2.33. The third-order valence-electron chi connectivity index (χ3n) is 2.76. The van der Waals surface area contributed by atoms with Crippen LogP contribution in [0.5, 0.6) is 0 Å². The Morgan fingerprint density at radius 1 is 1.16 bits per heavy atom. The molecule has 0 unspecified atom stereocenters. The van der Waals surface area contributed by atoms with Crippen LogP contribution in [0.25, 0.3) is 11.1 Å². The van der Waals surface area contributed by atoms with Gasteiger partial charge in [-0.25, -0.2) is 13.6 Å². The van der Waals surface area contributed by atoms with Gasteiger partial charge in [-0.05, 0) is 47.9 Å². The Balaban J connectivity index is 2.69. The van der Waals surface area contributed by atoms with Crippen LogP contribution < -0.4 is 0 Å². The van der Waals surface area contributed by atoms with Gasteiger partial charge in [-0.15, -0.1) is 0 Å². The molecule has 0 aromatic heterocycles. The molecule has 1 N–H and O–H groups in total. The van der Waals surface area contributed by atoms with Crippen molar-refractivity contribution in [3.63, 3.8) is 0 Å². The highest BCUT2D eigenvalue weighted by Crippen LogP contribution is 2.29. The zero-order valence-corrected chi connectivity index (χ0v) is 10.6. The molecule has 0 heterocycles. The summed E-state index contributed by atoms with van der Waals surface area (Å²) >= 11 is 5.65. The van der Waals surface area contributed by atoms with Crippen molar-refractivity contribution in [2.75, 3.05) is 0 Å². The Labute approximate surface area is 113 Å². The molecule has 0 radical (unpaired) electrons. The maximum absolute atomic E-state index is 13.6.